The first-order chi connectivity index (χ1) is 10.5. The van der Waals surface area contributed by atoms with Crippen molar-refractivity contribution in [2.24, 2.45) is 17.6 Å². The van der Waals surface area contributed by atoms with E-state index in [1.54, 1.807) is 18.2 Å². The number of carbonyl (C=O) groups excluding carboxylic acids is 1. The summed E-state index contributed by atoms with van der Waals surface area (Å²) in [5.74, 6) is 0.198. The van der Waals surface area contributed by atoms with Gasteiger partial charge in [0.25, 0.3) is 0 Å². The molecule has 2 rings (SSSR count). The molecule has 0 saturated heterocycles. The molecular formula is C15H24ClN3O3S. The van der Waals surface area contributed by atoms with Crippen molar-refractivity contribution in [3.8, 4) is 0 Å². The molecule has 4 N–H and O–H groups in total. The van der Waals surface area contributed by atoms with E-state index in [-0.39, 0.29) is 48.1 Å². The molecular weight excluding hydrogens is 338 g/mol. The molecule has 0 heterocycles. The molecule has 0 aromatic heterocycles. The molecule has 130 valence electrons. The SMILES string of the molecule is Cl.NC[C@H]1CCC[C@H]1C(=O)NCCNS(=O)(=O)c1ccccc1. The molecule has 0 spiro atoms. The van der Waals surface area contributed by atoms with Crippen LogP contribution < -0.4 is 15.8 Å². The second-order valence-electron chi connectivity index (χ2n) is 5.54. The Morgan fingerprint density at radius 2 is 1.87 bits per heavy atom. The number of hydrogen-bond donors (Lipinski definition) is 3. The minimum absolute atomic E-state index is 0. The third kappa shape index (κ3) is 5.46. The minimum Gasteiger partial charge on any atom is -0.355 e. The number of carbonyl (C=O) groups is 1. The molecule has 1 aliphatic rings. The molecule has 1 aromatic carbocycles. The number of sulfonamides is 1. The lowest BCUT2D eigenvalue weighted by Gasteiger charge is -2.17. The summed E-state index contributed by atoms with van der Waals surface area (Å²) >= 11 is 0. The zero-order valence-electron chi connectivity index (χ0n) is 12.9. The van der Waals surface area contributed by atoms with E-state index < -0.39 is 10.0 Å². The molecule has 1 fully saturated rings. The molecule has 0 aliphatic heterocycles. The van der Waals surface area contributed by atoms with E-state index in [4.69, 9.17) is 5.73 Å². The minimum atomic E-state index is -3.51. The van der Waals surface area contributed by atoms with Crippen molar-refractivity contribution >= 4 is 28.3 Å². The molecule has 23 heavy (non-hydrogen) atoms. The van der Waals surface area contributed by atoms with Crippen LogP contribution in [0.15, 0.2) is 35.2 Å². The average Bonchev–Trinajstić information content (AvgIpc) is 3.01. The summed E-state index contributed by atoms with van der Waals surface area (Å²) in [5, 5.41) is 2.79. The molecule has 2 atom stereocenters. The number of hydrogen-bond acceptors (Lipinski definition) is 4. The molecule has 0 radical (unpaired) electrons. The summed E-state index contributed by atoms with van der Waals surface area (Å²) in [6, 6.07) is 8.16. The lowest BCUT2D eigenvalue weighted by Crippen LogP contribution is -2.39. The number of halogens is 1. The van der Waals surface area contributed by atoms with Crippen molar-refractivity contribution in [3.63, 3.8) is 0 Å². The predicted molar refractivity (Wildman–Crippen MR) is 91.8 cm³/mol. The van der Waals surface area contributed by atoms with Crippen LogP contribution in [0.2, 0.25) is 0 Å². The van der Waals surface area contributed by atoms with E-state index >= 15 is 0 Å². The van der Waals surface area contributed by atoms with Crippen LogP contribution in [0.1, 0.15) is 19.3 Å². The van der Waals surface area contributed by atoms with Gasteiger partial charge in [0.05, 0.1) is 4.90 Å². The van der Waals surface area contributed by atoms with Crippen molar-refractivity contribution in [2.45, 2.75) is 24.2 Å². The lowest BCUT2D eigenvalue weighted by atomic mass is 9.95. The van der Waals surface area contributed by atoms with Crippen molar-refractivity contribution in [1.82, 2.24) is 10.0 Å². The summed E-state index contributed by atoms with van der Waals surface area (Å²) in [7, 11) is -3.51. The van der Waals surface area contributed by atoms with Gasteiger partial charge in [-0.2, -0.15) is 0 Å². The van der Waals surface area contributed by atoms with Gasteiger partial charge in [0, 0.05) is 19.0 Å². The van der Waals surface area contributed by atoms with E-state index in [9.17, 15) is 13.2 Å². The first kappa shape index (κ1) is 19.9. The van der Waals surface area contributed by atoms with E-state index in [0.717, 1.165) is 19.3 Å². The monoisotopic (exact) mass is 361 g/mol. The lowest BCUT2D eigenvalue weighted by molar-refractivity contribution is -0.125. The molecule has 8 heteroatoms. The topological polar surface area (TPSA) is 101 Å². The van der Waals surface area contributed by atoms with Gasteiger partial charge in [-0.05, 0) is 37.4 Å². The van der Waals surface area contributed by atoms with Crippen LogP contribution in [0.25, 0.3) is 0 Å². The van der Waals surface area contributed by atoms with Crippen LogP contribution in [-0.4, -0.2) is 34.0 Å². The van der Waals surface area contributed by atoms with Gasteiger partial charge in [-0.1, -0.05) is 24.6 Å². The van der Waals surface area contributed by atoms with E-state index in [2.05, 4.69) is 10.0 Å². The first-order valence-electron chi connectivity index (χ1n) is 7.57. The number of rotatable bonds is 7. The fourth-order valence-corrected chi connectivity index (χ4v) is 3.90. The van der Waals surface area contributed by atoms with Crippen LogP contribution >= 0.6 is 12.4 Å². The number of nitrogens with one attached hydrogen (secondary N) is 2. The maximum Gasteiger partial charge on any atom is 0.240 e. The van der Waals surface area contributed by atoms with Crippen LogP contribution in [-0.2, 0) is 14.8 Å². The fraction of sp³-hybridized carbons (Fsp3) is 0.533. The van der Waals surface area contributed by atoms with Gasteiger partial charge in [0.15, 0.2) is 0 Å². The Balaban J connectivity index is 0.00000264. The van der Waals surface area contributed by atoms with Gasteiger partial charge in [-0.15, -0.1) is 12.4 Å². The summed E-state index contributed by atoms with van der Waals surface area (Å²) in [5.41, 5.74) is 5.67. The zero-order valence-corrected chi connectivity index (χ0v) is 14.5. The summed E-state index contributed by atoms with van der Waals surface area (Å²) in [4.78, 5) is 12.3. The third-order valence-corrected chi connectivity index (χ3v) is 5.55. The molecule has 0 unspecified atom stereocenters. The van der Waals surface area contributed by atoms with Crippen LogP contribution in [0.5, 0.6) is 0 Å². The highest BCUT2D eigenvalue weighted by Gasteiger charge is 2.31. The van der Waals surface area contributed by atoms with E-state index in [1.807, 2.05) is 0 Å². The van der Waals surface area contributed by atoms with Gasteiger partial charge in [0.1, 0.15) is 0 Å². The highest BCUT2D eigenvalue weighted by Crippen LogP contribution is 2.30. The molecule has 6 nitrogen and oxygen atoms in total. The summed E-state index contributed by atoms with van der Waals surface area (Å²) in [6.07, 6.45) is 2.89. The second kappa shape index (κ2) is 9.22. The number of nitrogens with two attached hydrogens (primary N) is 1. The van der Waals surface area contributed by atoms with Gasteiger partial charge in [-0.3, -0.25) is 4.79 Å². The Kier molecular flexibility index (Phi) is 7.98. The maximum absolute atomic E-state index is 12.1. The second-order valence-corrected chi connectivity index (χ2v) is 7.30. The van der Waals surface area contributed by atoms with E-state index in [1.165, 1.54) is 12.1 Å². The van der Waals surface area contributed by atoms with Crippen molar-refractivity contribution in [3.05, 3.63) is 30.3 Å². The molecule has 0 bridgehead atoms. The van der Waals surface area contributed by atoms with Crippen LogP contribution in [0, 0.1) is 11.8 Å². The van der Waals surface area contributed by atoms with Gasteiger partial charge in [0.2, 0.25) is 15.9 Å². The first-order valence-corrected chi connectivity index (χ1v) is 9.05. The van der Waals surface area contributed by atoms with Gasteiger partial charge >= 0.3 is 0 Å². The van der Waals surface area contributed by atoms with Crippen molar-refractivity contribution < 1.29 is 13.2 Å². The predicted octanol–water partition coefficient (Wildman–Crippen LogP) is 0.878. The average molecular weight is 362 g/mol. The molecule has 1 amide bonds. The summed E-state index contributed by atoms with van der Waals surface area (Å²) < 4.78 is 26.5. The van der Waals surface area contributed by atoms with Gasteiger partial charge < -0.3 is 11.1 Å². The largest absolute Gasteiger partial charge is 0.355 e. The van der Waals surface area contributed by atoms with Crippen LogP contribution in [0.3, 0.4) is 0 Å². The highest BCUT2D eigenvalue weighted by atomic mass is 35.5. The number of benzene rings is 1. The third-order valence-electron chi connectivity index (χ3n) is 4.07. The summed E-state index contributed by atoms with van der Waals surface area (Å²) in [6.45, 7) is 0.973. The highest BCUT2D eigenvalue weighted by molar-refractivity contribution is 7.89. The molecule has 1 aromatic rings. The normalized spacial score (nSPS) is 20.7. The van der Waals surface area contributed by atoms with Crippen LogP contribution in [0.4, 0.5) is 0 Å². The smallest absolute Gasteiger partial charge is 0.240 e. The molecule has 1 saturated carbocycles. The Labute approximate surface area is 143 Å². The van der Waals surface area contributed by atoms with E-state index in [0.29, 0.717) is 6.54 Å². The number of amides is 1. The Hall–Kier alpha value is -1.15. The Morgan fingerprint density at radius 3 is 2.52 bits per heavy atom. The quantitative estimate of drug-likeness (QED) is 0.627. The standard InChI is InChI=1S/C15H23N3O3S.ClH/c16-11-12-5-4-8-14(12)15(19)17-9-10-18-22(20,21)13-6-2-1-3-7-13;/h1-3,6-7,12,14,18H,4-5,8-11,16H2,(H,17,19);1H/t12-,14-;/m1./s1. The Bertz CT molecular complexity index is 595. The molecule has 1 aliphatic carbocycles. The van der Waals surface area contributed by atoms with Gasteiger partial charge in [-0.25, -0.2) is 13.1 Å². The zero-order chi connectivity index (χ0) is 16.0. The van der Waals surface area contributed by atoms with Crippen molar-refractivity contribution in [2.75, 3.05) is 19.6 Å². The van der Waals surface area contributed by atoms with Crippen molar-refractivity contribution in [1.29, 1.82) is 0 Å². The fourth-order valence-electron chi connectivity index (χ4n) is 2.85. The maximum atomic E-state index is 12.1. The Morgan fingerprint density at radius 1 is 1.17 bits per heavy atom.